The third-order valence-electron chi connectivity index (χ3n) is 2.95. The first kappa shape index (κ1) is 18.2. The highest BCUT2D eigenvalue weighted by Crippen LogP contribution is 2.00. The fraction of sp³-hybridized carbons (Fsp3) is 0.846. The van der Waals surface area contributed by atoms with Crippen LogP contribution in [-0.4, -0.2) is 49.4 Å². The number of nitrogens with one attached hydrogen (secondary N) is 2. The molecule has 5 nitrogen and oxygen atoms in total. The van der Waals surface area contributed by atoms with E-state index in [0.29, 0.717) is 25.3 Å². The highest BCUT2D eigenvalue weighted by atomic mass is 35.5. The van der Waals surface area contributed by atoms with Gasteiger partial charge in [-0.3, -0.25) is 9.59 Å². The number of hydrogen-bond acceptors (Lipinski definition) is 3. The Labute approximate surface area is 121 Å². The van der Waals surface area contributed by atoms with Crippen molar-refractivity contribution in [2.75, 3.05) is 32.7 Å². The third-order valence-corrected chi connectivity index (χ3v) is 2.95. The lowest BCUT2D eigenvalue weighted by molar-refractivity contribution is -0.131. The van der Waals surface area contributed by atoms with Gasteiger partial charge in [0, 0.05) is 39.0 Å². The van der Waals surface area contributed by atoms with E-state index in [1.807, 2.05) is 18.7 Å². The van der Waals surface area contributed by atoms with Gasteiger partial charge < -0.3 is 15.5 Å². The molecule has 1 fully saturated rings. The van der Waals surface area contributed by atoms with Crippen LogP contribution in [-0.2, 0) is 9.59 Å². The van der Waals surface area contributed by atoms with E-state index in [4.69, 9.17) is 0 Å². The van der Waals surface area contributed by atoms with Crippen molar-refractivity contribution in [3.63, 3.8) is 0 Å². The summed E-state index contributed by atoms with van der Waals surface area (Å²) in [6, 6.07) is 0. The van der Waals surface area contributed by atoms with Gasteiger partial charge in [-0.25, -0.2) is 0 Å². The van der Waals surface area contributed by atoms with Gasteiger partial charge in [-0.2, -0.15) is 0 Å². The zero-order valence-electron chi connectivity index (χ0n) is 11.9. The van der Waals surface area contributed by atoms with Crippen molar-refractivity contribution in [2.24, 2.45) is 5.92 Å². The summed E-state index contributed by atoms with van der Waals surface area (Å²) in [5.74, 6) is 0.538. The summed E-state index contributed by atoms with van der Waals surface area (Å²) in [5, 5.41) is 6.06. The predicted octanol–water partition coefficient (Wildman–Crippen LogP) is 0.782. The van der Waals surface area contributed by atoms with Crippen LogP contribution in [0, 0.1) is 5.92 Å². The first-order chi connectivity index (χ1) is 8.59. The average Bonchev–Trinajstić information content (AvgIpc) is 2.56. The normalized spacial score (nSPS) is 15.6. The van der Waals surface area contributed by atoms with Crippen molar-refractivity contribution in [2.45, 2.75) is 33.1 Å². The Morgan fingerprint density at radius 1 is 1.26 bits per heavy atom. The second-order valence-electron chi connectivity index (χ2n) is 5.18. The lowest BCUT2D eigenvalue weighted by Crippen LogP contribution is -2.36. The smallest absolute Gasteiger partial charge is 0.224 e. The Bertz CT molecular complexity index is 277. The van der Waals surface area contributed by atoms with Crippen molar-refractivity contribution in [3.05, 3.63) is 0 Å². The number of amides is 2. The highest BCUT2D eigenvalue weighted by molar-refractivity contribution is 5.85. The fourth-order valence-corrected chi connectivity index (χ4v) is 2.01. The van der Waals surface area contributed by atoms with Crippen LogP contribution in [0.15, 0.2) is 0 Å². The molecule has 1 aliphatic rings. The topological polar surface area (TPSA) is 61.4 Å². The van der Waals surface area contributed by atoms with Gasteiger partial charge in [0.25, 0.3) is 0 Å². The van der Waals surface area contributed by atoms with Gasteiger partial charge in [-0.05, 0) is 18.9 Å². The lowest BCUT2D eigenvalue weighted by atomic mass is 10.1. The molecule has 1 saturated heterocycles. The molecule has 19 heavy (non-hydrogen) atoms. The van der Waals surface area contributed by atoms with Crippen molar-refractivity contribution in [1.29, 1.82) is 0 Å². The third kappa shape index (κ3) is 8.06. The van der Waals surface area contributed by atoms with Crippen molar-refractivity contribution in [3.8, 4) is 0 Å². The monoisotopic (exact) mass is 291 g/mol. The molecule has 0 unspecified atom stereocenters. The molecule has 0 aliphatic carbocycles. The Balaban J connectivity index is 0.00000324. The summed E-state index contributed by atoms with van der Waals surface area (Å²) in [6.45, 7) is 7.92. The van der Waals surface area contributed by atoms with Gasteiger partial charge in [0.05, 0.1) is 0 Å². The number of hydrogen-bond donors (Lipinski definition) is 2. The molecular formula is C13H26ClN3O2. The van der Waals surface area contributed by atoms with Gasteiger partial charge in [0.15, 0.2) is 0 Å². The van der Waals surface area contributed by atoms with E-state index in [1.165, 1.54) is 0 Å². The fourth-order valence-electron chi connectivity index (χ4n) is 2.01. The minimum Gasteiger partial charge on any atom is -0.356 e. The van der Waals surface area contributed by atoms with Crippen LogP contribution in [0.3, 0.4) is 0 Å². The van der Waals surface area contributed by atoms with Gasteiger partial charge >= 0.3 is 0 Å². The summed E-state index contributed by atoms with van der Waals surface area (Å²) < 4.78 is 0. The van der Waals surface area contributed by atoms with E-state index < -0.39 is 0 Å². The molecule has 1 aliphatic heterocycles. The molecule has 6 heteroatoms. The molecule has 0 atom stereocenters. The van der Waals surface area contributed by atoms with Crippen LogP contribution in [0.4, 0.5) is 0 Å². The van der Waals surface area contributed by atoms with E-state index in [9.17, 15) is 9.59 Å². The summed E-state index contributed by atoms with van der Waals surface area (Å²) in [4.78, 5) is 25.2. The Morgan fingerprint density at radius 2 is 2.00 bits per heavy atom. The number of halogens is 1. The molecule has 1 rings (SSSR count). The lowest BCUT2D eigenvalue weighted by Gasteiger charge is -2.20. The van der Waals surface area contributed by atoms with Crippen molar-refractivity contribution in [1.82, 2.24) is 15.5 Å². The summed E-state index contributed by atoms with van der Waals surface area (Å²) in [7, 11) is 0. The van der Waals surface area contributed by atoms with E-state index in [2.05, 4.69) is 10.6 Å². The first-order valence-corrected chi connectivity index (χ1v) is 6.85. The van der Waals surface area contributed by atoms with Crippen LogP contribution in [0.1, 0.15) is 33.1 Å². The van der Waals surface area contributed by atoms with Crippen LogP contribution in [0.25, 0.3) is 0 Å². The van der Waals surface area contributed by atoms with Gasteiger partial charge in [0.1, 0.15) is 0 Å². The maximum absolute atomic E-state index is 11.9. The van der Waals surface area contributed by atoms with Gasteiger partial charge in [-0.15, -0.1) is 12.4 Å². The minimum atomic E-state index is 0. The molecule has 0 aromatic carbocycles. The number of carbonyl (C=O) groups is 2. The number of carbonyl (C=O) groups excluding carboxylic acids is 2. The van der Waals surface area contributed by atoms with Crippen LogP contribution < -0.4 is 10.6 Å². The highest BCUT2D eigenvalue weighted by Gasteiger charge is 2.15. The molecule has 0 bridgehead atoms. The molecule has 0 radical (unpaired) electrons. The quantitative estimate of drug-likeness (QED) is 0.787. The Hall–Kier alpha value is -0.810. The van der Waals surface area contributed by atoms with Crippen LogP contribution in [0.5, 0.6) is 0 Å². The molecule has 2 amide bonds. The summed E-state index contributed by atoms with van der Waals surface area (Å²) in [6.07, 6.45) is 1.94. The van der Waals surface area contributed by atoms with Crippen molar-refractivity contribution < 1.29 is 9.59 Å². The van der Waals surface area contributed by atoms with E-state index in [1.54, 1.807) is 0 Å². The zero-order chi connectivity index (χ0) is 13.4. The van der Waals surface area contributed by atoms with Crippen molar-refractivity contribution >= 4 is 24.2 Å². The average molecular weight is 292 g/mol. The summed E-state index contributed by atoms with van der Waals surface area (Å²) in [5.41, 5.74) is 0. The molecule has 0 saturated carbocycles. The molecular weight excluding hydrogens is 266 g/mol. The summed E-state index contributed by atoms with van der Waals surface area (Å²) >= 11 is 0. The molecule has 2 N–H and O–H groups in total. The molecule has 0 aromatic rings. The van der Waals surface area contributed by atoms with Crippen LogP contribution >= 0.6 is 12.4 Å². The zero-order valence-corrected chi connectivity index (χ0v) is 12.7. The maximum atomic E-state index is 11.9. The number of rotatable bonds is 5. The second-order valence-corrected chi connectivity index (χ2v) is 5.18. The first-order valence-electron chi connectivity index (χ1n) is 6.85. The predicted molar refractivity (Wildman–Crippen MR) is 78.4 cm³/mol. The number of nitrogens with zero attached hydrogens (tertiary/aromatic N) is 1. The Kier molecular flexibility index (Phi) is 9.61. The van der Waals surface area contributed by atoms with Gasteiger partial charge in [0.2, 0.25) is 11.8 Å². The second kappa shape index (κ2) is 10.0. The molecule has 1 heterocycles. The van der Waals surface area contributed by atoms with Gasteiger partial charge in [-0.1, -0.05) is 13.8 Å². The SMILES string of the molecule is CC(C)CC(=O)NCCC(=O)N1CCCNCC1.Cl. The maximum Gasteiger partial charge on any atom is 0.224 e. The molecule has 0 aromatic heterocycles. The van der Waals surface area contributed by atoms with E-state index >= 15 is 0 Å². The minimum absolute atomic E-state index is 0. The molecule has 0 spiro atoms. The van der Waals surface area contributed by atoms with E-state index in [-0.39, 0.29) is 24.2 Å². The standard InChI is InChI=1S/C13H25N3O2.ClH/c1-11(2)10-12(17)15-6-4-13(18)16-8-3-5-14-7-9-16;/h11,14H,3-10H2,1-2H3,(H,15,17);1H. The largest absolute Gasteiger partial charge is 0.356 e. The molecule has 112 valence electrons. The van der Waals surface area contributed by atoms with Crippen LogP contribution in [0.2, 0.25) is 0 Å². The Morgan fingerprint density at radius 3 is 2.68 bits per heavy atom. The van der Waals surface area contributed by atoms with E-state index in [0.717, 1.165) is 32.6 Å².